The van der Waals surface area contributed by atoms with Gasteiger partial charge in [-0.25, -0.2) is 0 Å². The maximum Gasteiger partial charge on any atom is 0.239 e. The van der Waals surface area contributed by atoms with Crippen LogP contribution in [0.3, 0.4) is 0 Å². The third kappa shape index (κ3) is 10.5. The van der Waals surface area contributed by atoms with E-state index in [2.05, 4.69) is 24.5 Å². The maximum atomic E-state index is 11.7. The molecule has 0 aliphatic rings. The molecule has 1 atom stereocenters. The summed E-state index contributed by atoms with van der Waals surface area (Å²) in [5.41, 5.74) is 5.65. The minimum atomic E-state index is -0.143. The van der Waals surface area contributed by atoms with E-state index in [4.69, 9.17) is 5.73 Å². The number of carbonyl (C=O) groups excluding carboxylic acids is 2. The Labute approximate surface area is 116 Å². The van der Waals surface area contributed by atoms with Gasteiger partial charge in [0, 0.05) is 13.0 Å². The molecule has 5 heteroatoms. The largest absolute Gasteiger partial charge is 0.354 e. The number of rotatable bonds is 9. The summed E-state index contributed by atoms with van der Waals surface area (Å²) >= 11 is 0. The first-order valence-corrected chi connectivity index (χ1v) is 7.08. The molecule has 4 N–H and O–H groups in total. The third-order valence-corrected chi connectivity index (χ3v) is 2.77. The van der Waals surface area contributed by atoms with Crippen molar-refractivity contribution in [1.82, 2.24) is 10.6 Å². The summed E-state index contributed by atoms with van der Waals surface area (Å²) in [4.78, 5) is 23.1. The fourth-order valence-electron chi connectivity index (χ4n) is 1.82. The minimum absolute atomic E-state index is 0.0462. The van der Waals surface area contributed by atoms with Crippen LogP contribution >= 0.6 is 0 Å². The molecule has 0 heterocycles. The molecule has 19 heavy (non-hydrogen) atoms. The Bertz CT molecular complexity index is 278. The smallest absolute Gasteiger partial charge is 0.239 e. The van der Waals surface area contributed by atoms with Gasteiger partial charge in [-0.05, 0) is 30.7 Å². The van der Waals surface area contributed by atoms with Crippen molar-refractivity contribution in [3.63, 3.8) is 0 Å². The number of amides is 2. The zero-order valence-electron chi connectivity index (χ0n) is 12.7. The van der Waals surface area contributed by atoms with E-state index in [1.165, 1.54) is 0 Å². The van der Waals surface area contributed by atoms with Crippen molar-refractivity contribution in [2.24, 2.45) is 23.5 Å². The second-order valence-corrected chi connectivity index (χ2v) is 5.91. The van der Waals surface area contributed by atoms with Gasteiger partial charge in [-0.15, -0.1) is 0 Å². The van der Waals surface area contributed by atoms with Gasteiger partial charge in [-0.2, -0.15) is 0 Å². The van der Waals surface area contributed by atoms with Crippen molar-refractivity contribution in [1.29, 1.82) is 0 Å². The van der Waals surface area contributed by atoms with E-state index in [0.29, 0.717) is 31.3 Å². The van der Waals surface area contributed by atoms with E-state index in [9.17, 15) is 9.59 Å². The Morgan fingerprint density at radius 3 is 2.11 bits per heavy atom. The lowest BCUT2D eigenvalue weighted by Crippen LogP contribution is -2.39. The van der Waals surface area contributed by atoms with Crippen LogP contribution in [0.1, 0.15) is 40.5 Å². The molecule has 0 bridgehead atoms. The monoisotopic (exact) mass is 271 g/mol. The highest BCUT2D eigenvalue weighted by Crippen LogP contribution is 2.13. The van der Waals surface area contributed by atoms with Crippen LogP contribution in [0.25, 0.3) is 0 Å². The predicted molar refractivity (Wildman–Crippen MR) is 77.5 cm³/mol. The first kappa shape index (κ1) is 17.9. The minimum Gasteiger partial charge on any atom is -0.354 e. The highest BCUT2D eigenvalue weighted by atomic mass is 16.2. The van der Waals surface area contributed by atoms with Gasteiger partial charge in [-0.1, -0.05) is 27.7 Å². The average molecular weight is 271 g/mol. The number of hydrogen-bond donors (Lipinski definition) is 3. The standard InChI is InChI=1S/C14H29N3O2/c1-10(2)5-12(7-15)6-13(18)17-9-14(19)16-8-11(3)4/h10-12H,5-9,15H2,1-4H3,(H,16,19)(H,17,18)/t12-/m0/s1. The van der Waals surface area contributed by atoms with Gasteiger partial charge in [0.05, 0.1) is 6.54 Å². The molecule has 0 rings (SSSR count). The molecule has 2 amide bonds. The molecular formula is C14H29N3O2. The van der Waals surface area contributed by atoms with Crippen molar-refractivity contribution in [3.05, 3.63) is 0 Å². The fourth-order valence-corrected chi connectivity index (χ4v) is 1.82. The molecule has 0 saturated carbocycles. The molecule has 0 radical (unpaired) electrons. The number of carbonyl (C=O) groups is 2. The van der Waals surface area contributed by atoms with E-state index in [0.717, 1.165) is 6.42 Å². The molecule has 5 nitrogen and oxygen atoms in total. The number of hydrogen-bond acceptors (Lipinski definition) is 3. The Kier molecular flexibility index (Phi) is 9.21. The van der Waals surface area contributed by atoms with Gasteiger partial charge < -0.3 is 16.4 Å². The molecule has 0 aliphatic carbocycles. The molecule has 0 spiro atoms. The normalized spacial score (nSPS) is 12.6. The zero-order chi connectivity index (χ0) is 14.8. The first-order chi connectivity index (χ1) is 8.85. The maximum absolute atomic E-state index is 11.7. The van der Waals surface area contributed by atoms with Gasteiger partial charge in [0.25, 0.3) is 0 Å². The van der Waals surface area contributed by atoms with E-state index in [1.54, 1.807) is 0 Å². The summed E-state index contributed by atoms with van der Waals surface area (Å²) in [5.74, 6) is 0.882. The van der Waals surface area contributed by atoms with Gasteiger partial charge in [0.2, 0.25) is 11.8 Å². The Balaban J connectivity index is 3.87. The Morgan fingerprint density at radius 2 is 1.63 bits per heavy atom. The summed E-state index contributed by atoms with van der Waals surface area (Å²) < 4.78 is 0. The molecule has 0 aromatic rings. The van der Waals surface area contributed by atoms with E-state index < -0.39 is 0 Å². The van der Waals surface area contributed by atoms with Crippen LogP contribution in [0.4, 0.5) is 0 Å². The SMILES string of the molecule is CC(C)CNC(=O)CNC(=O)C[C@@H](CN)CC(C)C. The molecule has 112 valence electrons. The molecule has 0 fully saturated rings. The highest BCUT2D eigenvalue weighted by molar-refractivity contribution is 5.84. The summed E-state index contributed by atoms with van der Waals surface area (Å²) in [6.45, 7) is 9.45. The van der Waals surface area contributed by atoms with Gasteiger partial charge in [0.1, 0.15) is 0 Å². The molecule has 0 aromatic carbocycles. The van der Waals surface area contributed by atoms with Crippen LogP contribution in [0.5, 0.6) is 0 Å². The molecular weight excluding hydrogens is 242 g/mol. The molecule has 0 aromatic heterocycles. The fraction of sp³-hybridized carbons (Fsp3) is 0.857. The second-order valence-electron chi connectivity index (χ2n) is 5.91. The lowest BCUT2D eigenvalue weighted by molar-refractivity contribution is -0.126. The summed E-state index contributed by atoms with van der Waals surface area (Å²) in [6, 6.07) is 0. The van der Waals surface area contributed by atoms with Crippen LogP contribution in [-0.4, -0.2) is 31.4 Å². The zero-order valence-corrected chi connectivity index (χ0v) is 12.7. The Hall–Kier alpha value is -1.10. The van der Waals surface area contributed by atoms with E-state index in [1.807, 2.05) is 13.8 Å². The van der Waals surface area contributed by atoms with Crippen LogP contribution in [0.2, 0.25) is 0 Å². The van der Waals surface area contributed by atoms with Gasteiger partial charge in [0.15, 0.2) is 0 Å². The molecule has 0 unspecified atom stereocenters. The van der Waals surface area contributed by atoms with Gasteiger partial charge in [-0.3, -0.25) is 9.59 Å². The van der Waals surface area contributed by atoms with E-state index in [-0.39, 0.29) is 24.3 Å². The highest BCUT2D eigenvalue weighted by Gasteiger charge is 2.14. The number of nitrogens with two attached hydrogens (primary N) is 1. The lowest BCUT2D eigenvalue weighted by atomic mass is 9.94. The molecule has 0 saturated heterocycles. The Morgan fingerprint density at radius 1 is 1.00 bits per heavy atom. The van der Waals surface area contributed by atoms with Crippen molar-refractivity contribution in [2.75, 3.05) is 19.6 Å². The van der Waals surface area contributed by atoms with Crippen molar-refractivity contribution in [2.45, 2.75) is 40.5 Å². The van der Waals surface area contributed by atoms with Crippen molar-refractivity contribution < 1.29 is 9.59 Å². The predicted octanol–water partition coefficient (Wildman–Crippen LogP) is 0.886. The van der Waals surface area contributed by atoms with Crippen LogP contribution in [0, 0.1) is 17.8 Å². The quantitative estimate of drug-likeness (QED) is 0.582. The first-order valence-electron chi connectivity index (χ1n) is 7.08. The second kappa shape index (κ2) is 9.78. The van der Waals surface area contributed by atoms with Crippen LogP contribution < -0.4 is 16.4 Å². The van der Waals surface area contributed by atoms with Crippen molar-refractivity contribution in [3.8, 4) is 0 Å². The summed E-state index contributed by atoms with van der Waals surface area (Å²) in [7, 11) is 0. The number of nitrogens with one attached hydrogen (secondary N) is 2. The summed E-state index contributed by atoms with van der Waals surface area (Å²) in [5, 5.41) is 5.40. The van der Waals surface area contributed by atoms with Crippen LogP contribution in [0.15, 0.2) is 0 Å². The summed E-state index contributed by atoms with van der Waals surface area (Å²) in [6.07, 6.45) is 1.33. The van der Waals surface area contributed by atoms with Gasteiger partial charge >= 0.3 is 0 Å². The van der Waals surface area contributed by atoms with Crippen molar-refractivity contribution >= 4 is 11.8 Å². The molecule has 0 aliphatic heterocycles. The topological polar surface area (TPSA) is 84.2 Å². The third-order valence-electron chi connectivity index (χ3n) is 2.77. The van der Waals surface area contributed by atoms with Crippen LogP contribution in [-0.2, 0) is 9.59 Å². The lowest BCUT2D eigenvalue weighted by Gasteiger charge is -2.16. The average Bonchev–Trinajstić information content (AvgIpc) is 2.32. The van der Waals surface area contributed by atoms with E-state index >= 15 is 0 Å².